The smallest absolute Gasteiger partial charge is 0.335 e. The van der Waals surface area contributed by atoms with Gasteiger partial charge in [0.1, 0.15) is 0 Å². The van der Waals surface area contributed by atoms with E-state index in [4.69, 9.17) is 4.84 Å². The highest BCUT2D eigenvalue weighted by Gasteiger charge is 2.27. The van der Waals surface area contributed by atoms with Crippen LogP contribution in [0.1, 0.15) is 19.3 Å². The number of rotatable bonds is 2. The minimum atomic E-state index is -0.0996. The average Bonchev–Trinajstić information content (AvgIpc) is 2.34. The van der Waals surface area contributed by atoms with Gasteiger partial charge >= 0.3 is 5.97 Å². The topological polar surface area (TPSA) is 31.2 Å². The van der Waals surface area contributed by atoms with Crippen LogP contribution in [-0.4, -0.2) is 10.7 Å². The molecule has 1 fully saturated rings. The molecule has 0 radical (unpaired) electrons. The molecular weight excluding hydrogens is 154 g/mol. The summed E-state index contributed by atoms with van der Waals surface area (Å²) in [7, 11) is 0. The van der Waals surface area contributed by atoms with E-state index < -0.39 is 0 Å². The monoisotopic (exact) mass is 165 g/mol. The van der Waals surface area contributed by atoms with Gasteiger partial charge in [-0.3, -0.25) is 0 Å². The van der Waals surface area contributed by atoms with Gasteiger partial charge in [0.15, 0.2) is 0 Å². The van der Waals surface area contributed by atoms with E-state index in [2.05, 4.69) is 0 Å². The molecule has 0 atom stereocenters. The van der Waals surface area contributed by atoms with Gasteiger partial charge in [0.25, 0.3) is 0 Å². The number of carbonyl (C=O) groups is 1. The Morgan fingerprint density at radius 2 is 2.00 bits per heavy atom. The van der Waals surface area contributed by atoms with Crippen LogP contribution in [0.2, 0.25) is 0 Å². The summed E-state index contributed by atoms with van der Waals surface area (Å²) >= 11 is 0. The maximum atomic E-state index is 11.2. The van der Waals surface area contributed by atoms with Gasteiger partial charge in [0, 0.05) is 12.4 Å². The Labute approximate surface area is 70.9 Å². The van der Waals surface area contributed by atoms with Gasteiger partial charge in [-0.2, -0.15) is 4.73 Å². The number of carbonyl (C=O) groups excluding carboxylic acids is 1. The highest BCUT2D eigenvalue weighted by molar-refractivity contribution is 5.73. The summed E-state index contributed by atoms with van der Waals surface area (Å²) in [5, 5.41) is 0. The van der Waals surface area contributed by atoms with Crippen molar-refractivity contribution in [1.82, 2.24) is 4.73 Å². The fourth-order valence-electron chi connectivity index (χ4n) is 1.20. The Hall–Kier alpha value is -1.25. The van der Waals surface area contributed by atoms with Crippen molar-refractivity contribution in [1.29, 1.82) is 0 Å². The SMILES string of the molecule is O=C(On1cccc1)C1CCC1. The summed E-state index contributed by atoms with van der Waals surface area (Å²) in [4.78, 5) is 16.3. The van der Waals surface area contributed by atoms with Crippen LogP contribution >= 0.6 is 0 Å². The number of aromatic nitrogens is 1. The molecule has 1 aromatic rings. The van der Waals surface area contributed by atoms with E-state index in [1.54, 1.807) is 12.4 Å². The molecule has 3 nitrogen and oxygen atoms in total. The van der Waals surface area contributed by atoms with Gasteiger partial charge in [-0.05, 0) is 25.0 Å². The second-order valence-electron chi connectivity index (χ2n) is 3.08. The van der Waals surface area contributed by atoms with Gasteiger partial charge in [0.05, 0.1) is 5.92 Å². The van der Waals surface area contributed by atoms with Crippen molar-refractivity contribution < 1.29 is 9.63 Å². The molecule has 0 unspecified atom stereocenters. The van der Waals surface area contributed by atoms with Crippen LogP contribution in [0.15, 0.2) is 24.5 Å². The maximum absolute atomic E-state index is 11.2. The summed E-state index contributed by atoms with van der Waals surface area (Å²) in [6, 6.07) is 3.65. The fourth-order valence-corrected chi connectivity index (χ4v) is 1.20. The Bertz CT molecular complexity index is 262. The van der Waals surface area contributed by atoms with Crippen LogP contribution in [0.3, 0.4) is 0 Å². The minimum absolute atomic E-state index is 0.0996. The lowest BCUT2D eigenvalue weighted by Gasteiger charge is -2.22. The molecule has 1 saturated carbocycles. The van der Waals surface area contributed by atoms with Crippen LogP contribution in [0.5, 0.6) is 0 Å². The van der Waals surface area contributed by atoms with E-state index in [1.165, 1.54) is 4.73 Å². The molecule has 1 aliphatic carbocycles. The normalized spacial score (nSPS) is 17.0. The van der Waals surface area contributed by atoms with Gasteiger partial charge in [-0.1, -0.05) is 6.42 Å². The van der Waals surface area contributed by atoms with Crippen molar-refractivity contribution in [2.24, 2.45) is 5.92 Å². The molecule has 2 rings (SSSR count). The van der Waals surface area contributed by atoms with E-state index in [0.29, 0.717) is 0 Å². The first-order valence-electron chi connectivity index (χ1n) is 4.21. The minimum Gasteiger partial charge on any atom is -0.337 e. The lowest BCUT2D eigenvalue weighted by Crippen LogP contribution is -2.30. The van der Waals surface area contributed by atoms with Crippen LogP contribution in [0.25, 0.3) is 0 Å². The van der Waals surface area contributed by atoms with Crippen LogP contribution in [-0.2, 0) is 4.79 Å². The second kappa shape index (κ2) is 3.01. The number of nitrogens with zero attached hydrogens (tertiary/aromatic N) is 1. The Morgan fingerprint density at radius 3 is 2.50 bits per heavy atom. The summed E-state index contributed by atoms with van der Waals surface area (Å²) in [5.41, 5.74) is 0. The molecule has 0 saturated heterocycles. The van der Waals surface area contributed by atoms with Crippen molar-refractivity contribution in [3.8, 4) is 0 Å². The largest absolute Gasteiger partial charge is 0.337 e. The predicted molar refractivity (Wildman–Crippen MR) is 43.4 cm³/mol. The fraction of sp³-hybridized carbons (Fsp3) is 0.444. The molecular formula is C9H11NO2. The summed E-state index contributed by atoms with van der Waals surface area (Å²) in [5.74, 6) is 0.0462. The lowest BCUT2D eigenvalue weighted by molar-refractivity contribution is -0.151. The quantitative estimate of drug-likeness (QED) is 0.660. The number of hydrogen-bond acceptors (Lipinski definition) is 2. The van der Waals surface area contributed by atoms with Crippen molar-refractivity contribution in [3.05, 3.63) is 24.5 Å². The van der Waals surface area contributed by atoms with E-state index in [-0.39, 0.29) is 11.9 Å². The summed E-state index contributed by atoms with van der Waals surface area (Å²) in [6.07, 6.45) is 6.57. The van der Waals surface area contributed by atoms with Crippen LogP contribution < -0.4 is 4.84 Å². The molecule has 64 valence electrons. The Kier molecular flexibility index (Phi) is 1.86. The summed E-state index contributed by atoms with van der Waals surface area (Å²) in [6.45, 7) is 0. The molecule has 1 heterocycles. The zero-order valence-corrected chi connectivity index (χ0v) is 6.77. The van der Waals surface area contributed by atoms with E-state index in [9.17, 15) is 4.79 Å². The molecule has 0 aliphatic heterocycles. The van der Waals surface area contributed by atoms with Crippen molar-refractivity contribution in [2.75, 3.05) is 0 Å². The van der Waals surface area contributed by atoms with Crippen LogP contribution in [0, 0.1) is 5.92 Å². The second-order valence-corrected chi connectivity index (χ2v) is 3.08. The molecule has 0 N–H and O–H groups in total. The predicted octanol–water partition coefficient (Wildman–Crippen LogP) is 1.24. The molecule has 3 heteroatoms. The highest BCUT2D eigenvalue weighted by atomic mass is 16.7. The molecule has 0 bridgehead atoms. The van der Waals surface area contributed by atoms with E-state index in [0.717, 1.165) is 19.3 Å². The Balaban J connectivity index is 1.90. The first-order chi connectivity index (χ1) is 5.86. The van der Waals surface area contributed by atoms with Crippen molar-refractivity contribution in [3.63, 3.8) is 0 Å². The third kappa shape index (κ3) is 1.35. The maximum Gasteiger partial charge on any atom is 0.335 e. The van der Waals surface area contributed by atoms with Gasteiger partial charge < -0.3 is 4.84 Å². The zero-order chi connectivity index (χ0) is 8.39. The third-order valence-electron chi connectivity index (χ3n) is 2.21. The lowest BCUT2D eigenvalue weighted by atomic mass is 9.86. The molecule has 1 aliphatic rings. The third-order valence-corrected chi connectivity index (χ3v) is 2.21. The molecule has 0 spiro atoms. The first-order valence-corrected chi connectivity index (χ1v) is 4.21. The highest BCUT2D eigenvalue weighted by Crippen LogP contribution is 2.26. The van der Waals surface area contributed by atoms with E-state index >= 15 is 0 Å². The standard InChI is InChI=1S/C9H11NO2/c11-9(8-4-3-5-8)12-10-6-1-2-7-10/h1-2,6-8H,3-5H2. The Morgan fingerprint density at radius 1 is 1.33 bits per heavy atom. The molecule has 0 aromatic carbocycles. The number of hydrogen-bond donors (Lipinski definition) is 0. The van der Waals surface area contributed by atoms with Gasteiger partial charge in [-0.15, -0.1) is 0 Å². The first kappa shape index (κ1) is 7.40. The molecule has 12 heavy (non-hydrogen) atoms. The van der Waals surface area contributed by atoms with Gasteiger partial charge in [0.2, 0.25) is 0 Å². The zero-order valence-electron chi connectivity index (χ0n) is 6.77. The summed E-state index contributed by atoms with van der Waals surface area (Å²) < 4.78 is 1.45. The van der Waals surface area contributed by atoms with Crippen molar-refractivity contribution >= 4 is 5.97 Å². The van der Waals surface area contributed by atoms with Gasteiger partial charge in [-0.25, -0.2) is 4.79 Å². The molecule has 1 aromatic heterocycles. The average molecular weight is 165 g/mol. The van der Waals surface area contributed by atoms with Crippen molar-refractivity contribution in [2.45, 2.75) is 19.3 Å². The van der Waals surface area contributed by atoms with E-state index in [1.807, 2.05) is 12.1 Å². The molecule has 0 amide bonds. The van der Waals surface area contributed by atoms with Crippen LogP contribution in [0.4, 0.5) is 0 Å².